The standard InChI is InChI=1S/C19H23N5O/c1-15-17(16-5-3-2-4-6-16)18(15)19(25)23-10-7-22(8-11-23)9-12-24-14-20-13-21-24/h2-6,13-14,18H,7-12H2,1H3/t18-/m1/s1. The first-order valence-corrected chi connectivity index (χ1v) is 8.83. The summed E-state index contributed by atoms with van der Waals surface area (Å²) < 4.78 is 1.85. The van der Waals surface area contributed by atoms with Gasteiger partial charge in [-0.05, 0) is 18.1 Å². The van der Waals surface area contributed by atoms with E-state index in [0.717, 1.165) is 39.3 Å². The van der Waals surface area contributed by atoms with Crippen molar-refractivity contribution in [2.45, 2.75) is 13.5 Å². The SMILES string of the molecule is CC1=C(c2ccccc2)[C@@H]1C(=O)N1CCN(CCn2cncn2)CC1. The van der Waals surface area contributed by atoms with Crippen LogP contribution in [0.3, 0.4) is 0 Å². The van der Waals surface area contributed by atoms with Gasteiger partial charge in [0.2, 0.25) is 5.91 Å². The predicted molar refractivity (Wildman–Crippen MR) is 95.6 cm³/mol. The summed E-state index contributed by atoms with van der Waals surface area (Å²) in [6.45, 7) is 7.33. The molecule has 25 heavy (non-hydrogen) atoms. The lowest BCUT2D eigenvalue weighted by atomic mass is 10.1. The molecule has 1 amide bonds. The molecule has 0 radical (unpaired) electrons. The summed E-state index contributed by atoms with van der Waals surface area (Å²) in [6.07, 6.45) is 3.30. The average Bonchev–Trinajstić information content (AvgIpc) is 3.06. The van der Waals surface area contributed by atoms with E-state index < -0.39 is 0 Å². The Labute approximate surface area is 147 Å². The van der Waals surface area contributed by atoms with E-state index in [1.165, 1.54) is 16.7 Å². The fourth-order valence-corrected chi connectivity index (χ4v) is 3.62. The van der Waals surface area contributed by atoms with Gasteiger partial charge in [0.05, 0.1) is 12.5 Å². The minimum atomic E-state index is 0.00380. The van der Waals surface area contributed by atoms with Gasteiger partial charge in [-0.2, -0.15) is 5.10 Å². The lowest BCUT2D eigenvalue weighted by molar-refractivity contribution is -0.133. The monoisotopic (exact) mass is 337 g/mol. The molecule has 2 aliphatic rings. The highest BCUT2D eigenvalue weighted by atomic mass is 16.2. The highest BCUT2D eigenvalue weighted by Crippen LogP contribution is 2.47. The number of benzene rings is 1. The predicted octanol–water partition coefficient (Wildman–Crippen LogP) is 1.53. The fraction of sp³-hybridized carbons (Fsp3) is 0.421. The Balaban J connectivity index is 1.28. The normalized spacial score (nSPS) is 20.8. The summed E-state index contributed by atoms with van der Waals surface area (Å²) in [5.74, 6) is 0.274. The molecular weight excluding hydrogens is 314 g/mol. The first-order valence-electron chi connectivity index (χ1n) is 8.83. The van der Waals surface area contributed by atoms with Crippen LogP contribution in [0.2, 0.25) is 0 Å². The quantitative estimate of drug-likeness (QED) is 0.830. The minimum absolute atomic E-state index is 0.00380. The summed E-state index contributed by atoms with van der Waals surface area (Å²) in [5.41, 5.74) is 3.63. The average molecular weight is 337 g/mol. The molecule has 2 heterocycles. The Bertz CT molecular complexity index is 760. The Morgan fingerprint density at radius 2 is 1.88 bits per heavy atom. The Morgan fingerprint density at radius 1 is 1.12 bits per heavy atom. The molecule has 0 spiro atoms. The van der Waals surface area contributed by atoms with E-state index in [1.54, 1.807) is 12.7 Å². The van der Waals surface area contributed by atoms with Crippen molar-refractivity contribution in [1.82, 2.24) is 24.6 Å². The van der Waals surface area contributed by atoms with Crippen LogP contribution < -0.4 is 0 Å². The van der Waals surface area contributed by atoms with Gasteiger partial charge in [-0.1, -0.05) is 35.9 Å². The second kappa shape index (κ2) is 6.80. The zero-order chi connectivity index (χ0) is 17.2. The van der Waals surface area contributed by atoms with Crippen molar-refractivity contribution in [2.75, 3.05) is 32.7 Å². The van der Waals surface area contributed by atoms with Crippen LogP contribution in [0.15, 0.2) is 48.6 Å². The lowest BCUT2D eigenvalue weighted by Crippen LogP contribution is -2.50. The van der Waals surface area contributed by atoms with Gasteiger partial charge in [-0.3, -0.25) is 14.4 Å². The van der Waals surface area contributed by atoms with Crippen molar-refractivity contribution in [3.05, 3.63) is 54.1 Å². The number of carbonyl (C=O) groups excluding carboxylic acids is 1. The van der Waals surface area contributed by atoms with Crippen molar-refractivity contribution < 1.29 is 4.79 Å². The van der Waals surface area contributed by atoms with Gasteiger partial charge in [-0.25, -0.2) is 4.98 Å². The molecule has 1 atom stereocenters. The van der Waals surface area contributed by atoms with E-state index in [-0.39, 0.29) is 11.8 Å². The van der Waals surface area contributed by atoms with E-state index in [4.69, 9.17) is 0 Å². The second-order valence-corrected chi connectivity index (χ2v) is 6.72. The van der Waals surface area contributed by atoms with Crippen molar-refractivity contribution in [1.29, 1.82) is 0 Å². The molecule has 2 aromatic rings. The van der Waals surface area contributed by atoms with Crippen molar-refractivity contribution in [3.63, 3.8) is 0 Å². The Hall–Kier alpha value is -2.47. The lowest BCUT2D eigenvalue weighted by Gasteiger charge is -2.35. The molecule has 1 fully saturated rings. The molecule has 1 aliphatic carbocycles. The van der Waals surface area contributed by atoms with Crippen LogP contribution in [-0.2, 0) is 11.3 Å². The van der Waals surface area contributed by atoms with Crippen LogP contribution in [0.25, 0.3) is 5.57 Å². The molecule has 6 nitrogen and oxygen atoms in total. The number of nitrogens with zero attached hydrogens (tertiary/aromatic N) is 5. The molecule has 0 unspecified atom stereocenters. The molecule has 6 heteroatoms. The highest BCUT2D eigenvalue weighted by molar-refractivity contribution is 6.05. The maximum atomic E-state index is 12.8. The zero-order valence-electron chi connectivity index (χ0n) is 14.5. The summed E-state index contributed by atoms with van der Waals surface area (Å²) in [6, 6.07) is 10.3. The number of piperazine rings is 1. The molecule has 0 bridgehead atoms. The minimum Gasteiger partial charge on any atom is -0.339 e. The first-order chi connectivity index (χ1) is 12.2. The van der Waals surface area contributed by atoms with Crippen LogP contribution >= 0.6 is 0 Å². The summed E-state index contributed by atoms with van der Waals surface area (Å²) >= 11 is 0. The third-order valence-corrected chi connectivity index (χ3v) is 5.19. The van der Waals surface area contributed by atoms with E-state index in [0.29, 0.717) is 0 Å². The number of hydrogen-bond acceptors (Lipinski definition) is 4. The molecular formula is C19H23N5O. The first kappa shape index (κ1) is 16.0. The zero-order valence-corrected chi connectivity index (χ0v) is 14.5. The topological polar surface area (TPSA) is 54.3 Å². The van der Waals surface area contributed by atoms with Gasteiger partial charge in [0.25, 0.3) is 0 Å². The van der Waals surface area contributed by atoms with E-state index >= 15 is 0 Å². The van der Waals surface area contributed by atoms with Gasteiger partial charge in [-0.15, -0.1) is 0 Å². The molecule has 1 aliphatic heterocycles. The smallest absolute Gasteiger partial charge is 0.234 e. The maximum absolute atomic E-state index is 12.8. The number of carbonyl (C=O) groups is 1. The molecule has 1 saturated heterocycles. The van der Waals surface area contributed by atoms with Crippen LogP contribution in [0.1, 0.15) is 12.5 Å². The largest absolute Gasteiger partial charge is 0.339 e. The summed E-state index contributed by atoms with van der Waals surface area (Å²) in [7, 11) is 0. The van der Waals surface area contributed by atoms with Crippen molar-refractivity contribution in [2.24, 2.45) is 5.92 Å². The number of hydrogen-bond donors (Lipinski definition) is 0. The van der Waals surface area contributed by atoms with Gasteiger partial charge in [0, 0.05) is 32.7 Å². The fourth-order valence-electron chi connectivity index (χ4n) is 3.62. The van der Waals surface area contributed by atoms with Crippen LogP contribution in [-0.4, -0.2) is 63.2 Å². The number of rotatable bonds is 5. The third kappa shape index (κ3) is 3.35. The summed E-state index contributed by atoms with van der Waals surface area (Å²) in [5, 5.41) is 4.13. The van der Waals surface area contributed by atoms with E-state index in [9.17, 15) is 4.79 Å². The van der Waals surface area contributed by atoms with Gasteiger partial charge in [0.1, 0.15) is 12.7 Å². The molecule has 1 aromatic carbocycles. The summed E-state index contributed by atoms with van der Waals surface area (Å²) in [4.78, 5) is 21.2. The highest BCUT2D eigenvalue weighted by Gasteiger charge is 2.42. The second-order valence-electron chi connectivity index (χ2n) is 6.72. The number of amides is 1. The molecule has 0 N–H and O–H groups in total. The molecule has 4 rings (SSSR count). The molecule has 0 saturated carbocycles. The molecule has 1 aromatic heterocycles. The Morgan fingerprint density at radius 3 is 2.56 bits per heavy atom. The van der Waals surface area contributed by atoms with Gasteiger partial charge < -0.3 is 4.90 Å². The van der Waals surface area contributed by atoms with Crippen LogP contribution in [0, 0.1) is 5.92 Å². The molecule has 130 valence electrons. The van der Waals surface area contributed by atoms with Gasteiger partial charge >= 0.3 is 0 Å². The number of aromatic nitrogens is 3. The van der Waals surface area contributed by atoms with E-state index in [2.05, 4.69) is 34.0 Å². The van der Waals surface area contributed by atoms with Crippen LogP contribution in [0.4, 0.5) is 0 Å². The third-order valence-electron chi connectivity index (χ3n) is 5.19. The van der Waals surface area contributed by atoms with E-state index in [1.807, 2.05) is 27.8 Å². The van der Waals surface area contributed by atoms with Crippen molar-refractivity contribution >= 4 is 11.5 Å². The van der Waals surface area contributed by atoms with Crippen molar-refractivity contribution in [3.8, 4) is 0 Å². The Kier molecular flexibility index (Phi) is 4.36. The maximum Gasteiger partial charge on any atom is 0.234 e. The van der Waals surface area contributed by atoms with Crippen LogP contribution in [0.5, 0.6) is 0 Å². The van der Waals surface area contributed by atoms with Gasteiger partial charge in [0.15, 0.2) is 0 Å².